The van der Waals surface area contributed by atoms with Gasteiger partial charge in [0.2, 0.25) is 0 Å². The first-order chi connectivity index (χ1) is 13.0. The Balaban J connectivity index is 1.94. The third kappa shape index (κ3) is 2.69. The molecule has 8 heteroatoms. The lowest BCUT2D eigenvalue weighted by Crippen LogP contribution is -2.35. The number of rotatable bonds is 3. The van der Waals surface area contributed by atoms with Gasteiger partial charge in [0.05, 0.1) is 11.2 Å². The van der Waals surface area contributed by atoms with E-state index in [9.17, 15) is 19.1 Å². The normalized spacial score (nSPS) is 12.7. The average molecular weight is 368 g/mol. The Hall–Kier alpha value is -3.42. The van der Waals surface area contributed by atoms with Gasteiger partial charge in [-0.3, -0.25) is 14.6 Å². The highest BCUT2D eigenvalue weighted by Crippen LogP contribution is 2.34. The maximum absolute atomic E-state index is 13.1. The number of hydrogen-bond acceptors (Lipinski definition) is 5. The maximum Gasteiger partial charge on any atom is 0.267 e. The van der Waals surface area contributed by atoms with Crippen LogP contribution in [-0.4, -0.2) is 34.2 Å². The van der Waals surface area contributed by atoms with Gasteiger partial charge in [-0.1, -0.05) is 12.1 Å². The lowest BCUT2D eigenvalue weighted by Gasteiger charge is -2.24. The zero-order chi connectivity index (χ0) is 19.1. The fourth-order valence-corrected chi connectivity index (χ4v) is 3.42. The molecule has 0 atom stereocenters. The molecule has 3 aromatic rings. The minimum Gasteiger partial charge on any atom is -0.505 e. The molecule has 0 aliphatic carbocycles. The summed E-state index contributed by atoms with van der Waals surface area (Å²) in [5.41, 5.74) is 2.19. The van der Waals surface area contributed by atoms with E-state index < -0.39 is 17.2 Å². The molecule has 4 rings (SSSR count). The van der Waals surface area contributed by atoms with Crippen molar-refractivity contribution in [1.29, 1.82) is 0 Å². The van der Waals surface area contributed by atoms with Crippen LogP contribution in [0.2, 0.25) is 0 Å². The van der Waals surface area contributed by atoms with Gasteiger partial charge in [-0.15, -0.1) is 0 Å². The summed E-state index contributed by atoms with van der Waals surface area (Å²) < 4.78 is 14.6. The van der Waals surface area contributed by atoms with Crippen molar-refractivity contribution in [2.75, 3.05) is 18.9 Å². The molecule has 0 bridgehead atoms. The van der Waals surface area contributed by atoms with Crippen LogP contribution in [0, 0.1) is 5.82 Å². The molecule has 0 unspecified atom stereocenters. The quantitative estimate of drug-likeness (QED) is 0.653. The Kier molecular flexibility index (Phi) is 4.02. The van der Waals surface area contributed by atoms with E-state index in [-0.39, 0.29) is 16.9 Å². The molecule has 0 saturated carbocycles. The fraction of sp³-hybridized carbons (Fsp3) is 0.211. The van der Waals surface area contributed by atoms with E-state index in [1.807, 2.05) is 0 Å². The Bertz CT molecular complexity index is 1120. The van der Waals surface area contributed by atoms with E-state index in [2.05, 4.69) is 15.6 Å². The van der Waals surface area contributed by atoms with E-state index in [0.717, 1.165) is 11.1 Å². The number of nitrogens with zero attached hydrogens (tertiary/aromatic N) is 2. The number of amides is 1. The van der Waals surface area contributed by atoms with Crippen LogP contribution in [0.3, 0.4) is 0 Å². The molecule has 3 N–H and O–H groups in total. The van der Waals surface area contributed by atoms with Crippen LogP contribution in [0.25, 0.3) is 11.0 Å². The standard InChI is InChI=1S/C19H17FN4O3/c1-21-18(26)13-17(25)15-16-14(22-6-7-24(16)19(13)27)11(9-23-15)8-10-2-4-12(20)5-3-10/h2-5,9,22,25H,6-8H2,1H3,(H,21,26). The highest BCUT2D eigenvalue weighted by Gasteiger charge is 2.26. The van der Waals surface area contributed by atoms with Gasteiger partial charge in [0.1, 0.15) is 16.9 Å². The molecule has 3 heterocycles. The zero-order valence-corrected chi connectivity index (χ0v) is 14.5. The summed E-state index contributed by atoms with van der Waals surface area (Å²) in [5.74, 6) is -1.39. The van der Waals surface area contributed by atoms with Crippen molar-refractivity contribution in [3.63, 3.8) is 0 Å². The van der Waals surface area contributed by atoms with Crippen LogP contribution < -0.4 is 16.2 Å². The number of benzene rings is 1. The van der Waals surface area contributed by atoms with Gasteiger partial charge in [0.15, 0.2) is 5.75 Å². The van der Waals surface area contributed by atoms with Gasteiger partial charge < -0.3 is 20.3 Å². The summed E-state index contributed by atoms with van der Waals surface area (Å²) >= 11 is 0. The smallest absolute Gasteiger partial charge is 0.267 e. The summed E-state index contributed by atoms with van der Waals surface area (Å²) in [4.78, 5) is 29.1. The molecule has 1 aromatic carbocycles. The van der Waals surface area contributed by atoms with E-state index >= 15 is 0 Å². The number of halogens is 1. The second-order valence-corrected chi connectivity index (χ2v) is 6.35. The van der Waals surface area contributed by atoms with Crippen molar-refractivity contribution < 1.29 is 14.3 Å². The molecular formula is C19H17FN4O3. The largest absolute Gasteiger partial charge is 0.505 e. The van der Waals surface area contributed by atoms with E-state index in [1.165, 1.54) is 23.7 Å². The second-order valence-electron chi connectivity index (χ2n) is 6.35. The Labute approximate surface area is 153 Å². The van der Waals surface area contributed by atoms with E-state index in [0.29, 0.717) is 30.7 Å². The van der Waals surface area contributed by atoms with Crippen LogP contribution in [0.4, 0.5) is 10.1 Å². The van der Waals surface area contributed by atoms with Gasteiger partial charge in [-0.25, -0.2) is 4.39 Å². The number of aromatic nitrogens is 2. The Morgan fingerprint density at radius 1 is 1.37 bits per heavy atom. The van der Waals surface area contributed by atoms with Gasteiger partial charge >= 0.3 is 0 Å². The predicted octanol–water partition coefficient (Wildman–Crippen LogP) is 1.62. The molecule has 0 fully saturated rings. The summed E-state index contributed by atoms with van der Waals surface area (Å²) in [6, 6.07) is 6.16. The maximum atomic E-state index is 13.1. The summed E-state index contributed by atoms with van der Waals surface area (Å²) in [6.07, 6.45) is 2.08. The van der Waals surface area contributed by atoms with Crippen molar-refractivity contribution in [3.8, 4) is 5.75 Å². The number of carbonyl (C=O) groups excluding carboxylic acids is 1. The lowest BCUT2D eigenvalue weighted by molar-refractivity contribution is 0.0958. The number of pyridine rings is 2. The number of aromatic hydroxyl groups is 1. The topological polar surface area (TPSA) is 96.2 Å². The van der Waals surface area contributed by atoms with Crippen molar-refractivity contribution in [2.24, 2.45) is 0 Å². The number of carbonyl (C=O) groups is 1. The minimum absolute atomic E-state index is 0.193. The van der Waals surface area contributed by atoms with Crippen molar-refractivity contribution >= 4 is 22.6 Å². The minimum atomic E-state index is -0.652. The van der Waals surface area contributed by atoms with Crippen LogP contribution in [0.1, 0.15) is 21.5 Å². The van der Waals surface area contributed by atoms with E-state index in [1.54, 1.807) is 18.3 Å². The van der Waals surface area contributed by atoms with Gasteiger partial charge in [-0.05, 0) is 17.7 Å². The highest BCUT2D eigenvalue weighted by molar-refractivity contribution is 6.04. The average Bonchev–Trinajstić information content (AvgIpc) is 2.68. The highest BCUT2D eigenvalue weighted by atomic mass is 19.1. The van der Waals surface area contributed by atoms with Crippen molar-refractivity contribution in [1.82, 2.24) is 14.9 Å². The van der Waals surface area contributed by atoms with Crippen LogP contribution in [0.5, 0.6) is 5.75 Å². The van der Waals surface area contributed by atoms with Crippen LogP contribution >= 0.6 is 0 Å². The summed E-state index contributed by atoms with van der Waals surface area (Å²) in [6.45, 7) is 0.856. The molecule has 2 aromatic heterocycles. The lowest BCUT2D eigenvalue weighted by atomic mass is 10.0. The molecular weight excluding hydrogens is 351 g/mol. The van der Waals surface area contributed by atoms with Gasteiger partial charge in [-0.2, -0.15) is 0 Å². The van der Waals surface area contributed by atoms with Crippen LogP contribution in [0.15, 0.2) is 35.3 Å². The molecule has 0 saturated heterocycles. The molecule has 1 amide bonds. The van der Waals surface area contributed by atoms with Gasteiger partial charge in [0, 0.05) is 38.3 Å². The summed E-state index contributed by atoms with van der Waals surface area (Å²) in [5, 5.41) is 16.1. The first kappa shape index (κ1) is 17.0. The third-order valence-corrected chi connectivity index (χ3v) is 4.72. The van der Waals surface area contributed by atoms with Crippen molar-refractivity contribution in [3.05, 3.63) is 63.3 Å². The molecule has 0 radical (unpaired) electrons. The molecule has 1 aliphatic rings. The van der Waals surface area contributed by atoms with Gasteiger partial charge in [0.25, 0.3) is 11.5 Å². The molecule has 138 valence electrons. The molecule has 7 nitrogen and oxygen atoms in total. The fourth-order valence-electron chi connectivity index (χ4n) is 3.42. The first-order valence-corrected chi connectivity index (χ1v) is 8.49. The monoisotopic (exact) mass is 368 g/mol. The first-order valence-electron chi connectivity index (χ1n) is 8.49. The predicted molar refractivity (Wildman–Crippen MR) is 98.8 cm³/mol. The summed E-state index contributed by atoms with van der Waals surface area (Å²) in [7, 11) is 1.40. The third-order valence-electron chi connectivity index (χ3n) is 4.72. The van der Waals surface area contributed by atoms with E-state index in [4.69, 9.17) is 0 Å². The molecule has 1 aliphatic heterocycles. The van der Waals surface area contributed by atoms with Crippen LogP contribution in [-0.2, 0) is 13.0 Å². The zero-order valence-electron chi connectivity index (χ0n) is 14.5. The number of nitrogens with one attached hydrogen (secondary N) is 2. The number of anilines is 1. The van der Waals surface area contributed by atoms with Crippen molar-refractivity contribution in [2.45, 2.75) is 13.0 Å². The molecule has 0 spiro atoms. The molecule has 27 heavy (non-hydrogen) atoms. The number of hydrogen-bond donors (Lipinski definition) is 3. The SMILES string of the molecule is CNC(=O)c1c(O)c2ncc(Cc3ccc(F)cc3)c3c2n(c1=O)CCN3. The Morgan fingerprint density at radius 3 is 2.81 bits per heavy atom. The second kappa shape index (κ2) is 6.39. The Morgan fingerprint density at radius 2 is 2.11 bits per heavy atom.